The van der Waals surface area contributed by atoms with Crippen LogP contribution < -0.4 is 0 Å². The normalized spacial score (nSPS) is 10.2. The first-order valence-corrected chi connectivity index (χ1v) is 5.89. The number of hydrogen-bond donors (Lipinski definition) is 0. The maximum Gasteiger partial charge on any atom is 0.302 e. The average Bonchev–Trinajstić information content (AvgIpc) is 2.30. The average molecular weight is 271 g/mol. The summed E-state index contributed by atoms with van der Waals surface area (Å²) in [5.41, 5.74) is 0.905. The van der Waals surface area contributed by atoms with Crippen LogP contribution in [0.15, 0.2) is 24.3 Å². The van der Waals surface area contributed by atoms with Crippen LogP contribution in [0.4, 0.5) is 0 Å². The summed E-state index contributed by atoms with van der Waals surface area (Å²) in [4.78, 5) is 21.6. The van der Waals surface area contributed by atoms with Crippen molar-refractivity contribution in [2.45, 2.75) is 19.8 Å². The zero-order valence-electron chi connectivity index (χ0n) is 10.3. The third-order valence-electron chi connectivity index (χ3n) is 2.32. The fourth-order valence-corrected chi connectivity index (χ4v) is 1.54. The first-order chi connectivity index (χ1) is 8.49. The van der Waals surface area contributed by atoms with E-state index in [-0.39, 0.29) is 31.1 Å². The number of esters is 2. The van der Waals surface area contributed by atoms with E-state index in [0.717, 1.165) is 5.56 Å². The number of carbonyl (C=O) groups excluding carboxylic acids is 2. The Morgan fingerprint density at radius 1 is 1.06 bits per heavy atom. The lowest BCUT2D eigenvalue weighted by Gasteiger charge is -2.16. The SMILES string of the molecule is CC(=O)OCC(COC(C)=O)c1ccc(Cl)cc1. The van der Waals surface area contributed by atoms with Gasteiger partial charge in [-0.25, -0.2) is 0 Å². The molecule has 5 heteroatoms. The van der Waals surface area contributed by atoms with E-state index in [2.05, 4.69) is 0 Å². The van der Waals surface area contributed by atoms with Crippen molar-refractivity contribution in [3.8, 4) is 0 Å². The molecule has 0 aromatic heterocycles. The van der Waals surface area contributed by atoms with Crippen molar-refractivity contribution < 1.29 is 19.1 Å². The quantitative estimate of drug-likeness (QED) is 0.772. The predicted octanol–water partition coefficient (Wildman–Crippen LogP) is 2.55. The molecule has 0 atom stereocenters. The lowest BCUT2D eigenvalue weighted by molar-refractivity contribution is -0.144. The lowest BCUT2D eigenvalue weighted by atomic mass is 10.0. The van der Waals surface area contributed by atoms with E-state index in [1.165, 1.54) is 13.8 Å². The number of rotatable bonds is 5. The standard InChI is InChI=1S/C13H15ClO4/c1-9(15)17-7-12(8-18-10(2)16)11-3-5-13(14)6-4-11/h3-6,12H,7-8H2,1-2H3. The Balaban J connectivity index is 2.71. The van der Waals surface area contributed by atoms with Gasteiger partial charge in [-0.05, 0) is 17.7 Å². The lowest BCUT2D eigenvalue weighted by Crippen LogP contribution is -2.17. The molecule has 1 rings (SSSR count). The van der Waals surface area contributed by atoms with Gasteiger partial charge in [0.1, 0.15) is 13.2 Å². The first-order valence-electron chi connectivity index (χ1n) is 5.51. The van der Waals surface area contributed by atoms with E-state index in [1.54, 1.807) is 12.1 Å². The van der Waals surface area contributed by atoms with Gasteiger partial charge in [-0.15, -0.1) is 0 Å². The highest BCUT2D eigenvalue weighted by molar-refractivity contribution is 6.30. The minimum atomic E-state index is -0.364. The first kappa shape index (κ1) is 14.5. The Hall–Kier alpha value is -1.55. The van der Waals surface area contributed by atoms with Crippen molar-refractivity contribution in [3.05, 3.63) is 34.9 Å². The van der Waals surface area contributed by atoms with Crippen molar-refractivity contribution in [3.63, 3.8) is 0 Å². The number of halogens is 1. The summed E-state index contributed by atoms with van der Waals surface area (Å²) in [5, 5.41) is 0.623. The summed E-state index contributed by atoms with van der Waals surface area (Å²) in [5.74, 6) is -0.913. The maximum absolute atomic E-state index is 10.8. The van der Waals surface area contributed by atoms with Gasteiger partial charge in [0.15, 0.2) is 0 Å². The van der Waals surface area contributed by atoms with Gasteiger partial charge >= 0.3 is 11.9 Å². The number of benzene rings is 1. The highest BCUT2D eigenvalue weighted by atomic mass is 35.5. The van der Waals surface area contributed by atoms with Crippen LogP contribution in [0.3, 0.4) is 0 Å². The van der Waals surface area contributed by atoms with Crippen molar-refractivity contribution in [1.82, 2.24) is 0 Å². The van der Waals surface area contributed by atoms with Crippen LogP contribution in [0.2, 0.25) is 5.02 Å². The molecule has 0 bridgehead atoms. The summed E-state index contributed by atoms with van der Waals surface area (Å²) >= 11 is 5.80. The summed E-state index contributed by atoms with van der Waals surface area (Å²) in [7, 11) is 0. The molecule has 0 aliphatic rings. The minimum Gasteiger partial charge on any atom is -0.465 e. The summed E-state index contributed by atoms with van der Waals surface area (Å²) in [6.45, 7) is 3.02. The molecule has 0 heterocycles. The van der Waals surface area contributed by atoms with E-state index < -0.39 is 0 Å². The summed E-state index contributed by atoms with van der Waals surface area (Å²) in [6, 6.07) is 7.12. The maximum atomic E-state index is 10.8. The highest BCUT2D eigenvalue weighted by Gasteiger charge is 2.15. The Bertz CT molecular complexity index is 396. The monoisotopic (exact) mass is 270 g/mol. The Morgan fingerprint density at radius 2 is 1.50 bits per heavy atom. The van der Waals surface area contributed by atoms with Crippen LogP contribution >= 0.6 is 11.6 Å². The van der Waals surface area contributed by atoms with Gasteiger partial charge in [-0.3, -0.25) is 9.59 Å². The van der Waals surface area contributed by atoms with Gasteiger partial charge in [-0.1, -0.05) is 23.7 Å². The summed E-state index contributed by atoms with van der Waals surface area (Å²) in [6.07, 6.45) is 0. The van der Waals surface area contributed by atoms with Gasteiger partial charge in [0.2, 0.25) is 0 Å². The molecule has 1 aromatic rings. The van der Waals surface area contributed by atoms with Crippen molar-refractivity contribution in [1.29, 1.82) is 0 Å². The van der Waals surface area contributed by atoms with Gasteiger partial charge < -0.3 is 9.47 Å². The molecular formula is C13H15ClO4. The zero-order valence-corrected chi connectivity index (χ0v) is 11.1. The minimum absolute atomic E-state index is 0.171. The fraction of sp³-hybridized carbons (Fsp3) is 0.385. The molecule has 0 saturated heterocycles. The van der Waals surface area contributed by atoms with Crippen molar-refractivity contribution in [2.24, 2.45) is 0 Å². The van der Waals surface area contributed by atoms with Crippen molar-refractivity contribution in [2.75, 3.05) is 13.2 Å². The largest absolute Gasteiger partial charge is 0.465 e. The summed E-state index contributed by atoms with van der Waals surface area (Å²) < 4.78 is 9.92. The molecule has 1 aromatic carbocycles. The van der Waals surface area contributed by atoms with Crippen LogP contribution in [0.1, 0.15) is 25.3 Å². The highest BCUT2D eigenvalue weighted by Crippen LogP contribution is 2.19. The van der Waals surface area contributed by atoms with Crippen LogP contribution in [-0.4, -0.2) is 25.2 Å². The van der Waals surface area contributed by atoms with Crippen molar-refractivity contribution >= 4 is 23.5 Å². The molecule has 0 unspecified atom stereocenters. The second-order valence-corrected chi connectivity index (χ2v) is 4.29. The molecule has 98 valence electrons. The molecule has 0 aliphatic carbocycles. The number of ether oxygens (including phenoxy) is 2. The molecular weight excluding hydrogens is 256 g/mol. The van der Waals surface area contributed by atoms with Gasteiger partial charge in [0.25, 0.3) is 0 Å². The second-order valence-electron chi connectivity index (χ2n) is 3.85. The number of carbonyl (C=O) groups is 2. The Kier molecular flexibility index (Phi) is 5.65. The van der Waals surface area contributed by atoms with E-state index in [1.807, 2.05) is 12.1 Å². The third-order valence-corrected chi connectivity index (χ3v) is 2.57. The van der Waals surface area contributed by atoms with E-state index >= 15 is 0 Å². The Morgan fingerprint density at radius 3 is 1.89 bits per heavy atom. The van der Waals surface area contributed by atoms with Crippen LogP contribution in [0, 0.1) is 0 Å². The third kappa shape index (κ3) is 5.19. The second kappa shape index (κ2) is 7.01. The van der Waals surface area contributed by atoms with Crippen LogP contribution in [0.25, 0.3) is 0 Å². The van der Waals surface area contributed by atoms with Gasteiger partial charge in [-0.2, -0.15) is 0 Å². The van der Waals surface area contributed by atoms with E-state index in [9.17, 15) is 9.59 Å². The molecule has 0 radical (unpaired) electrons. The molecule has 0 amide bonds. The zero-order chi connectivity index (χ0) is 13.5. The van der Waals surface area contributed by atoms with Crippen LogP contribution in [-0.2, 0) is 19.1 Å². The fourth-order valence-electron chi connectivity index (χ4n) is 1.41. The molecule has 18 heavy (non-hydrogen) atoms. The molecule has 0 saturated carbocycles. The topological polar surface area (TPSA) is 52.6 Å². The molecule has 4 nitrogen and oxygen atoms in total. The predicted molar refractivity (Wildman–Crippen MR) is 67.5 cm³/mol. The molecule has 0 spiro atoms. The van der Waals surface area contributed by atoms with E-state index in [4.69, 9.17) is 21.1 Å². The number of hydrogen-bond acceptors (Lipinski definition) is 4. The Labute approximate surface area is 111 Å². The smallest absolute Gasteiger partial charge is 0.302 e. The van der Waals surface area contributed by atoms with Gasteiger partial charge in [0.05, 0.1) is 5.92 Å². The van der Waals surface area contributed by atoms with Gasteiger partial charge in [0, 0.05) is 18.9 Å². The molecule has 0 N–H and O–H groups in total. The van der Waals surface area contributed by atoms with Crippen LogP contribution in [0.5, 0.6) is 0 Å². The van der Waals surface area contributed by atoms with E-state index in [0.29, 0.717) is 5.02 Å². The molecule has 0 aliphatic heterocycles. The molecule has 0 fully saturated rings.